The van der Waals surface area contributed by atoms with Crippen molar-refractivity contribution in [1.29, 1.82) is 0 Å². The van der Waals surface area contributed by atoms with Gasteiger partial charge in [0.2, 0.25) is 5.91 Å². The average molecular weight is 376 g/mol. The van der Waals surface area contributed by atoms with Gasteiger partial charge in [-0.1, -0.05) is 31.0 Å². The molecule has 0 aromatic heterocycles. The zero-order chi connectivity index (χ0) is 19.4. The summed E-state index contributed by atoms with van der Waals surface area (Å²) in [7, 11) is 1.59. The molecule has 0 bridgehead atoms. The molecule has 27 heavy (non-hydrogen) atoms. The van der Waals surface area contributed by atoms with E-state index in [-0.39, 0.29) is 19.0 Å². The SMILES string of the molecule is COc1ccccc1CNC(=O)CN1CC[C@H](O)[C@](CC2CC2)(C(=O)O)C1. The highest BCUT2D eigenvalue weighted by Gasteiger charge is 2.51. The molecule has 148 valence electrons. The quantitative estimate of drug-likeness (QED) is 0.632. The van der Waals surface area contributed by atoms with E-state index in [1.165, 1.54) is 0 Å². The van der Waals surface area contributed by atoms with Gasteiger partial charge in [0.25, 0.3) is 0 Å². The number of carbonyl (C=O) groups excluding carboxylic acids is 1. The van der Waals surface area contributed by atoms with Gasteiger partial charge in [0, 0.05) is 25.2 Å². The largest absolute Gasteiger partial charge is 0.496 e. The smallest absolute Gasteiger partial charge is 0.313 e. The molecule has 3 N–H and O–H groups in total. The number of carboxylic acids is 1. The highest BCUT2D eigenvalue weighted by Crippen LogP contribution is 2.45. The molecule has 1 aliphatic heterocycles. The molecule has 1 saturated heterocycles. The molecule has 1 amide bonds. The normalized spacial score (nSPS) is 25.8. The minimum Gasteiger partial charge on any atom is -0.496 e. The summed E-state index contributed by atoms with van der Waals surface area (Å²) >= 11 is 0. The van der Waals surface area contributed by atoms with Gasteiger partial charge >= 0.3 is 5.97 Å². The van der Waals surface area contributed by atoms with E-state index < -0.39 is 17.5 Å². The number of likely N-dealkylation sites (tertiary alicyclic amines) is 1. The molecule has 2 aliphatic rings. The third-order valence-electron chi connectivity index (χ3n) is 5.67. The van der Waals surface area contributed by atoms with Crippen LogP contribution in [0.4, 0.5) is 0 Å². The van der Waals surface area contributed by atoms with Crippen molar-refractivity contribution in [3.63, 3.8) is 0 Å². The van der Waals surface area contributed by atoms with Gasteiger partial charge in [-0.2, -0.15) is 0 Å². The van der Waals surface area contributed by atoms with Crippen LogP contribution in [0, 0.1) is 11.3 Å². The molecule has 7 nitrogen and oxygen atoms in total. The molecule has 1 saturated carbocycles. The van der Waals surface area contributed by atoms with Crippen LogP contribution in [-0.4, -0.2) is 59.8 Å². The van der Waals surface area contributed by atoms with Crippen molar-refractivity contribution in [3.05, 3.63) is 29.8 Å². The van der Waals surface area contributed by atoms with Crippen LogP contribution >= 0.6 is 0 Å². The zero-order valence-electron chi connectivity index (χ0n) is 15.7. The third-order valence-corrected chi connectivity index (χ3v) is 5.67. The zero-order valence-corrected chi connectivity index (χ0v) is 15.7. The molecule has 2 fully saturated rings. The summed E-state index contributed by atoms with van der Waals surface area (Å²) in [5, 5.41) is 23.1. The third kappa shape index (κ3) is 4.59. The van der Waals surface area contributed by atoms with Crippen molar-refractivity contribution in [2.45, 2.75) is 38.3 Å². The molecule has 3 rings (SSSR count). The van der Waals surface area contributed by atoms with Crippen molar-refractivity contribution in [1.82, 2.24) is 10.2 Å². The number of aliphatic carboxylic acids is 1. The number of hydrogen-bond acceptors (Lipinski definition) is 5. The van der Waals surface area contributed by atoms with Crippen LogP contribution in [0.2, 0.25) is 0 Å². The Kier molecular flexibility index (Phi) is 6.01. The van der Waals surface area contributed by atoms with Crippen molar-refractivity contribution >= 4 is 11.9 Å². The van der Waals surface area contributed by atoms with E-state index in [0.29, 0.717) is 37.6 Å². The van der Waals surface area contributed by atoms with Crippen LogP contribution in [0.1, 0.15) is 31.2 Å². The summed E-state index contributed by atoms with van der Waals surface area (Å²) in [6, 6.07) is 7.48. The van der Waals surface area contributed by atoms with Crippen molar-refractivity contribution in [3.8, 4) is 5.75 Å². The Hall–Kier alpha value is -2.12. The van der Waals surface area contributed by atoms with Gasteiger partial charge in [-0.05, 0) is 24.8 Å². The van der Waals surface area contributed by atoms with Crippen molar-refractivity contribution in [2.75, 3.05) is 26.7 Å². The maximum Gasteiger partial charge on any atom is 0.313 e. The minimum absolute atomic E-state index is 0.127. The molecule has 1 heterocycles. The first-order chi connectivity index (χ1) is 12.9. The van der Waals surface area contributed by atoms with E-state index in [0.717, 1.165) is 18.4 Å². The Morgan fingerprint density at radius 1 is 1.30 bits per heavy atom. The molecule has 1 aromatic rings. The fraction of sp³-hybridized carbons (Fsp3) is 0.600. The van der Waals surface area contributed by atoms with Crippen LogP contribution in [0.3, 0.4) is 0 Å². The standard InChI is InChI=1S/C20H28N2O5/c1-27-16-5-3-2-4-15(16)11-21-18(24)12-22-9-8-17(23)20(13-22,19(25)26)10-14-6-7-14/h2-5,14,17,23H,6-13H2,1H3,(H,21,24)(H,25,26)/t17-,20+/m0/s1. The molecule has 0 unspecified atom stereocenters. The first-order valence-corrected chi connectivity index (χ1v) is 9.47. The Balaban J connectivity index is 1.58. The number of hydrogen-bond donors (Lipinski definition) is 3. The number of para-hydroxylation sites is 1. The Labute approximate surface area is 159 Å². The molecule has 2 atom stereocenters. The van der Waals surface area contributed by atoms with Gasteiger partial charge in [-0.3, -0.25) is 14.5 Å². The topological polar surface area (TPSA) is 99.1 Å². The van der Waals surface area contributed by atoms with E-state index in [9.17, 15) is 19.8 Å². The number of benzene rings is 1. The molecule has 1 aromatic carbocycles. The molecule has 7 heteroatoms. The maximum absolute atomic E-state index is 12.4. The van der Waals surface area contributed by atoms with Gasteiger partial charge in [0.1, 0.15) is 11.2 Å². The van der Waals surface area contributed by atoms with Crippen LogP contribution in [-0.2, 0) is 16.1 Å². The highest BCUT2D eigenvalue weighted by molar-refractivity contribution is 5.79. The monoisotopic (exact) mass is 376 g/mol. The first-order valence-electron chi connectivity index (χ1n) is 9.47. The number of nitrogens with one attached hydrogen (secondary N) is 1. The number of rotatable bonds is 8. The average Bonchev–Trinajstić information content (AvgIpc) is 3.46. The molecule has 1 aliphatic carbocycles. The van der Waals surface area contributed by atoms with Crippen molar-refractivity contribution < 1.29 is 24.5 Å². The minimum atomic E-state index is -1.16. The van der Waals surface area contributed by atoms with Crippen LogP contribution in [0.15, 0.2) is 24.3 Å². The number of carboxylic acid groups (broad SMARTS) is 1. The predicted octanol–water partition coefficient (Wildman–Crippen LogP) is 1.25. The number of amides is 1. The number of piperidine rings is 1. The van der Waals surface area contributed by atoms with E-state index in [2.05, 4.69) is 5.32 Å². The number of ether oxygens (including phenoxy) is 1. The lowest BCUT2D eigenvalue weighted by Gasteiger charge is -2.43. The molecular weight excluding hydrogens is 348 g/mol. The van der Waals surface area contributed by atoms with E-state index in [1.54, 1.807) is 7.11 Å². The van der Waals surface area contributed by atoms with E-state index >= 15 is 0 Å². The lowest BCUT2D eigenvalue weighted by atomic mass is 9.73. The Morgan fingerprint density at radius 2 is 2.04 bits per heavy atom. The fourth-order valence-electron chi connectivity index (χ4n) is 3.94. The number of methoxy groups -OCH3 is 1. The number of aliphatic hydroxyl groups excluding tert-OH is 1. The number of carbonyl (C=O) groups is 2. The second-order valence-electron chi connectivity index (χ2n) is 7.71. The first kappa shape index (κ1) is 19.6. The number of nitrogens with zero attached hydrogens (tertiary/aromatic N) is 1. The molecule has 0 radical (unpaired) electrons. The maximum atomic E-state index is 12.4. The van der Waals surface area contributed by atoms with Crippen LogP contribution in [0.5, 0.6) is 5.75 Å². The summed E-state index contributed by atoms with van der Waals surface area (Å²) in [5.41, 5.74) is -0.279. The molecule has 0 spiro atoms. The lowest BCUT2D eigenvalue weighted by molar-refractivity contribution is -0.165. The van der Waals surface area contributed by atoms with E-state index in [1.807, 2.05) is 29.2 Å². The predicted molar refractivity (Wildman–Crippen MR) is 99.3 cm³/mol. The van der Waals surface area contributed by atoms with Crippen LogP contribution < -0.4 is 10.1 Å². The summed E-state index contributed by atoms with van der Waals surface area (Å²) in [5.74, 6) is -0.0210. The second kappa shape index (κ2) is 8.27. The fourth-order valence-corrected chi connectivity index (χ4v) is 3.94. The lowest BCUT2D eigenvalue weighted by Crippen LogP contribution is -2.57. The van der Waals surface area contributed by atoms with Gasteiger partial charge in [0.05, 0.1) is 19.8 Å². The van der Waals surface area contributed by atoms with Crippen molar-refractivity contribution in [2.24, 2.45) is 11.3 Å². The Morgan fingerprint density at radius 3 is 2.70 bits per heavy atom. The molecular formula is C20H28N2O5. The van der Waals surface area contributed by atoms with Gasteiger partial charge in [-0.15, -0.1) is 0 Å². The van der Waals surface area contributed by atoms with Gasteiger partial charge in [-0.25, -0.2) is 0 Å². The summed E-state index contributed by atoms with van der Waals surface area (Å²) < 4.78 is 5.28. The summed E-state index contributed by atoms with van der Waals surface area (Å²) in [4.78, 5) is 26.2. The summed E-state index contributed by atoms with van der Waals surface area (Å²) in [6.07, 6.45) is 2.06. The van der Waals surface area contributed by atoms with Crippen LogP contribution in [0.25, 0.3) is 0 Å². The van der Waals surface area contributed by atoms with Gasteiger partial charge in [0.15, 0.2) is 0 Å². The Bertz CT molecular complexity index is 691. The van der Waals surface area contributed by atoms with E-state index in [4.69, 9.17) is 4.74 Å². The highest BCUT2D eigenvalue weighted by atomic mass is 16.5. The second-order valence-corrected chi connectivity index (χ2v) is 7.71. The van der Waals surface area contributed by atoms with Gasteiger partial charge < -0.3 is 20.3 Å². The number of aliphatic hydroxyl groups is 1. The summed E-state index contributed by atoms with van der Waals surface area (Å²) in [6.45, 7) is 1.21.